The molecule has 2 aromatic rings. The summed E-state index contributed by atoms with van der Waals surface area (Å²) in [5.41, 5.74) is 0.0600. The summed E-state index contributed by atoms with van der Waals surface area (Å²) < 4.78 is 11.0. The van der Waals surface area contributed by atoms with Gasteiger partial charge in [0.05, 0.1) is 12.6 Å². The first kappa shape index (κ1) is 13.9. The summed E-state index contributed by atoms with van der Waals surface area (Å²) in [5.74, 6) is 0.838. The summed E-state index contributed by atoms with van der Waals surface area (Å²) in [6.07, 6.45) is 0.669. The summed E-state index contributed by atoms with van der Waals surface area (Å²) in [5, 5.41) is 15.2. The fourth-order valence-corrected chi connectivity index (χ4v) is 2.61. The quantitative estimate of drug-likeness (QED) is 0.911. The fourth-order valence-electron chi connectivity index (χ4n) is 2.43. The van der Waals surface area contributed by atoms with Gasteiger partial charge in [-0.05, 0) is 31.2 Å². The molecule has 4 nitrogen and oxygen atoms in total. The molecule has 0 saturated carbocycles. The van der Waals surface area contributed by atoms with Gasteiger partial charge >= 0.3 is 0 Å². The lowest BCUT2D eigenvalue weighted by atomic mass is 10.0. The van der Waals surface area contributed by atoms with E-state index in [1.807, 2.05) is 31.2 Å². The molecule has 1 aromatic carbocycles. The highest BCUT2D eigenvalue weighted by Crippen LogP contribution is 2.27. The van der Waals surface area contributed by atoms with Crippen LogP contribution in [0.1, 0.15) is 25.1 Å². The van der Waals surface area contributed by atoms with Crippen LogP contribution >= 0.6 is 11.6 Å². The van der Waals surface area contributed by atoms with Gasteiger partial charge in [0, 0.05) is 30.0 Å². The Balaban J connectivity index is 1.70. The maximum atomic E-state index is 10.2. The van der Waals surface area contributed by atoms with Crippen molar-refractivity contribution in [3.05, 3.63) is 35.0 Å². The maximum absolute atomic E-state index is 10.2. The largest absolute Gasteiger partial charge is 0.459 e. The molecule has 3 rings (SSSR count). The van der Waals surface area contributed by atoms with Crippen LogP contribution in [0.4, 0.5) is 0 Å². The number of furan rings is 1. The van der Waals surface area contributed by atoms with Crippen LogP contribution in [0.5, 0.6) is 0 Å². The van der Waals surface area contributed by atoms with E-state index in [-0.39, 0.29) is 6.04 Å². The Bertz CT molecular complexity index is 604. The van der Waals surface area contributed by atoms with Gasteiger partial charge in [0.25, 0.3) is 0 Å². The number of fused-ring (bicyclic) bond motifs is 1. The number of rotatable bonds is 4. The van der Waals surface area contributed by atoms with E-state index in [0.717, 1.165) is 16.7 Å². The first-order chi connectivity index (χ1) is 9.56. The average Bonchev–Trinajstić information content (AvgIpc) is 3.02. The van der Waals surface area contributed by atoms with Gasteiger partial charge in [-0.25, -0.2) is 0 Å². The van der Waals surface area contributed by atoms with Gasteiger partial charge in [-0.2, -0.15) is 0 Å². The molecular weight excluding hydrogens is 278 g/mol. The molecule has 0 radical (unpaired) electrons. The Hall–Kier alpha value is -1.07. The van der Waals surface area contributed by atoms with Crippen LogP contribution in [0.3, 0.4) is 0 Å². The van der Waals surface area contributed by atoms with Crippen molar-refractivity contribution in [1.29, 1.82) is 0 Å². The zero-order valence-corrected chi connectivity index (χ0v) is 12.1. The van der Waals surface area contributed by atoms with E-state index in [9.17, 15) is 5.11 Å². The number of benzene rings is 1. The van der Waals surface area contributed by atoms with Crippen LogP contribution in [0.25, 0.3) is 11.0 Å². The van der Waals surface area contributed by atoms with Gasteiger partial charge in [0.2, 0.25) is 0 Å². The second-order valence-electron chi connectivity index (χ2n) is 5.46. The van der Waals surface area contributed by atoms with Crippen LogP contribution in [-0.2, 0) is 4.74 Å². The third-order valence-corrected chi connectivity index (χ3v) is 3.98. The van der Waals surface area contributed by atoms with Crippen molar-refractivity contribution in [3.63, 3.8) is 0 Å². The normalized spacial score (nSPS) is 24.4. The first-order valence-electron chi connectivity index (χ1n) is 6.78. The van der Waals surface area contributed by atoms with Crippen LogP contribution in [0, 0.1) is 0 Å². The summed E-state index contributed by atoms with van der Waals surface area (Å²) in [7, 11) is 0. The second-order valence-corrected chi connectivity index (χ2v) is 5.90. The van der Waals surface area contributed by atoms with E-state index in [4.69, 9.17) is 20.8 Å². The lowest BCUT2D eigenvalue weighted by Crippen LogP contribution is -2.41. The topological polar surface area (TPSA) is 54.6 Å². The molecule has 1 fully saturated rings. The number of hydrogen-bond donors (Lipinski definition) is 2. The molecule has 1 saturated heterocycles. The Morgan fingerprint density at radius 1 is 1.45 bits per heavy atom. The van der Waals surface area contributed by atoms with Crippen molar-refractivity contribution in [1.82, 2.24) is 5.32 Å². The smallest absolute Gasteiger partial charge is 0.134 e. The van der Waals surface area contributed by atoms with Crippen LogP contribution in [0.2, 0.25) is 5.02 Å². The van der Waals surface area contributed by atoms with E-state index < -0.39 is 5.60 Å². The Kier molecular flexibility index (Phi) is 3.73. The molecule has 2 heterocycles. The van der Waals surface area contributed by atoms with Gasteiger partial charge in [0.1, 0.15) is 16.9 Å². The molecule has 5 heteroatoms. The number of halogens is 1. The van der Waals surface area contributed by atoms with Crippen LogP contribution in [0.15, 0.2) is 28.7 Å². The van der Waals surface area contributed by atoms with Crippen LogP contribution in [-0.4, -0.2) is 30.5 Å². The van der Waals surface area contributed by atoms with Crippen molar-refractivity contribution in [2.75, 3.05) is 19.8 Å². The van der Waals surface area contributed by atoms with Crippen molar-refractivity contribution in [3.8, 4) is 0 Å². The molecule has 20 heavy (non-hydrogen) atoms. The Labute approximate surface area is 122 Å². The summed E-state index contributed by atoms with van der Waals surface area (Å²) in [6, 6.07) is 7.56. The van der Waals surface area contributed by atoms with Crippen LogP contribution < -0.4 is 5.32 Å². The van der Waals surface area contributed by atoms with E-state index in [1.165, 1.54) is 0 Å². The molecule has 0 aliphatic carbocycles. The predicted octanol–water partition coefficient (Wildman–Crippen LogP) is 2.89. The predicted molar refractivity (Wildman–Crippen MR) is 78.0 cm³/mol. The molecule has 2 atom stereocenters. The third kappa shape index (κ3) is 2.83. The highest BCUT2D eigenvalue weighted by molar-refractivity contribution is 6.31. The van der Waals surface area contributed by atoms with Crippen molar-refractivity contribution in [2.45, 2.75) is 25.0 Å². The monoisotopic (exact) mass is 295 g/mol. The van der Waals surface area contributed by atoms with E-state index in [2.05, 4.69) is 5.32 Å². The Morgan fingerprint density at radius 3 is 3.05 bits per heavy atom. The molecule has 0 amide bonds. The summed E-state index contributed by atoms with van der Waals surface area (Å²) >= 11 is 5.97. The van der Waals surface area contributed by atoms with Crippen molar-refractivity contribution >= 4 is 22.6 Å². The second kappa shape index (κ2) is 5.37. The highest BCUT2D eigenvalue weighted by Gasteiger charge is 2.32. The van der Waals surface area contributed by atoms with Gasteiger partial charge < -0.3 is 19.6 Å². The molecule has 0 bridgehead atoms. The van der Waals surface area contributed by atoms with Gasteiger partial charge in [-0.15, -0.1) is 0 Å². The minimum atomic E-state index is -0.760. The molecule has 1 aromatic heterocycles. The van der Waals surface area contributed by atoms with Gasteiger partial charge in [-0.1, -0.05) is 11.6 Å². The van der Waals surface area contributed by atoms with E-state index in [1.54, 1.807) is 0 Å². The summed E-state index contributed by atoms with van der Waals surface area (Å²) in [6.45, 7) is 3.52. The van der Waals surface area contributed by atoms with Gasteiger partial charge in [0.15, 0.2) is 0 Å². The zero-order chi connectivity index (χ0) is 14.2. The number of ether oxygens (including phenoxy) is 1. The van der Waals surface area contributed by atoms with Crippen molar-refractivity contribution < 1.29 is 14.3 Å². The SMILES string of the molecule is C[C@H](NC[C@@]1(O)CCOC1)c1cc2cc(Cl)ccc2o1. The molecule has 0 spiro atoms. The molecule has 0 unspecified atom stereocenters. The number of hydrogen-bond acceptors (Lipinski definition) is 4. The molecular formula is C15H18ClNO3. The Morgan fingerprint density at radius 2 is 2.30 bits per heavy atom. The minimum Gasteiger partial charge on any atom is -0.459 e. The van der Waals surface area contributed by atoms with E-state index in [0.29, 0.717) is 31.2 Å². The maximum Gasteiger partial charge on any atom is 0.134 e. The number of nitrogens with one attached hydrogen (secondary N) is 1. The zero-order valence-electron chi connectivity index (χ0n) is 11.4. The minimum absolute atomic E-state index is 0.0193. The van der Waals surface area contributed by atoms with E-state index >= 15 is 0 Å². The van der Waals surface area contributed by atoms with Crippen molar-refractivity contribution in [2.24, 2.45) is 0 Å². The lowest BCUT2D eigenvalue weighted by molar-refractivity contribution is 0.0247. The fraction of sp³-hybridized carbons (Fsp3) is 0.467. The summed E-state index contributed by atoms with van der Waals surface area (Å²) in [4.78, 5) is 0. The first-order valence-corrected chi connectivity index (χ1v) is 7.16. The molecule has 2 N–H and O–H groups in total. The molecule has 1 aliphatic rings. The lowest BCUT2D eigenvalue weighted by Gasteiger charge is -2.22. The molecule has 1 aliphatic heterocycles. The highest BCUT2D eigenvalue weighted by atomic mass is 35.5. The number of aliphatic hydroxyl groups is 1. The molecule has 108 valence electrons. The third-order valence-electron chi connectivity index (χ3n) is 3.74. The average molecular weight is 296 g/mol. The van der Waals surface area contributed by atoms with Gasteiger partial charge in [-0.3, -0.25) is 0 Å². The standard InChI is InChI=1S/C15H18ClNO3/c1-10(17-8-15(18)4-5-19-9-15)14-7-11-6-12(16)2-3-13(11)20-14/h2-3,6-7,10,17-18H,4-5,8-9H2,1H3/t10-,15-/m0/s1.